The Bertz CT molecular complexity index is 878. The number of ether oxygens (including phenoxy) is 2. The molecule has 1 heterocycles. The fourth-order valence-electron chi connectivity index (χ4n) is 2.41. The van der Waals surface area contributed by atoms with Crippen molar-refractivity contribution >= 4 is 23.4 Å². The van der Waals surface area contributed by atoms with Gasteiger partial charge >= 0.3 is 0 Å². The predicted molar refractivity (Wildman–Crippen MR) is 102 cm³/mol. The number of aromatic nitrogens is 2. The largest absolute Gasteiger partial charge is 0.497 e. The zero-order valence-electron chi connectivity index (χ0n) is 14.5. The molecule has 6 nitrogen and oxygen atoms in total. The number of amides is 1. The lowest BCUT2D eigenvalue weighted by molar-refractivity contribution is -0.113. The Morgan fingerprint density at radius 2 is 1.88 bits per heavy atom. The van der Waals surface area contributed by atoms with Gasteiger partial charge < -0.3 is 14.8 Å². The van der Waals surface area contributed by atoms with Gasteiger partial charge in [-0.3, -0.25) is 9.36 Å². The van der Waals surface area contributed by atoms with Crippen LogP contribution in [0.3, 0.4) is 0 Å². The van der Waals surface area contributed by atoms with E-state index in [0.717, 1.165) is 28.0 Å². The van der Waals surface area contributed by atoms with Crippen LogP contribution in [-0.2, 0) is 4.79 Å². The molecule has 0 fully saturated rings. The molecule has 2 aromatic carbocycles. The normalized spacial score (nSPS) is 10.4. The highest BCUT2D eigenvalue weighted by Gasteiger charge is 2.12. The van der Waals surface area contributed by atoms with Crippen LogP contribution in [0.1, 0.15) is 0 Å². The second kappa shape index (κ2) is 8.44. The number of rotatable bonds is 7. The minimum absolute atomic E-state index is 0.102. The molecule has 1 N–H and O–H groups in total. The minimum Gasteiger partial charge on any atom is -0.497 e. The molecule has 1 aromatic heterocycles. The highest BCUT2D eigenvalue weighted by molar-refractivity contribution is 7.99. The third-order valence-corrected chi connectivity index (χ3v) is 4.62. The monoisotopic (exact) mass is 369 g/mol. The Kier molecular flexibility index (Phi) is 5.80. The van der Waals surface area contributed by atoms with E-state index in [1.807, 2.05) is 35.0 Å². The second-order valence-corrected chi connectivity index (χ2v) is 6.26. The topological polar surface area (TPSA) is 65.4 Å². The summed E-state index contributed by atoms with van der Waals surface area (Å²) in [6.07, 6.45) is 3.55. The van der Waals surface area contributed by atoms with Crippen molar-refractivity contribution < 1.29 is 14.3 Å². The summed E-state index contributed by atoms with van der Waals surface area (Å²) in [6, 6.07) is 14.9. The van der Waals surface area contributed by atoms with Gasteiger partial charge in [0.2, 0.25) is 5.91 Å². The van der Waals surface area contributed by atoms with Gasteiger partial charge in [-0.05, 0) is 36.4 Å². The van der Waals surface area contributed by atoms with Gasteiger partial charge in [-0.25, -0.2) is 4.98 Å². The minimum atomic E-state index is -0.102. The van der Waals surface area contributed by atoms with Crippen molar-refractivity contribution in [2.45, 2.75) is 5.16 Å². The molecule has 0 aliphatic carbocycles. The lowest BCUT2D eigenvalue weighted by Crippen LogP contribution is -2.14. The first kappa shape index (κ1) is 17.9. The average Bonchev–Trinajstić information content (AvgIpc) is 3.15. The summed E-state index contributed by atoms with van der Waals surface area (Å²) in [5.74, 6) is 1.64. The van der Waals surface area contributed by atoms with Gasteiger partial charge in [-0.15, -0.1) is 0 Å². The number of nitrogens with one attached hydrogen (secondary N) is 1. The van der Waals surface area contributed by atoms with E-state index in [2.05, 4.69) is 10.3 Å². The van der Waals surface area contributed by atoms with E-state index < -0.39 is 0 Å². The summed E-state index contributed by atoms with van der Waals surface area (Å²) < 4.78 is 12.4. The third-order valence-electron chi connectivity index (χ3n) is 3.66. The van der Waals surface area contributed by atoms with Crippen molar-refractivity contribution in [2.24, 2.45) is 0 Å². The smallest absolute Gasteiger partial charge is 0.234 e. The average molecular weight is 369 g/mol. The molecule has 0 bridgehead atoms. The summed E-state index contributed by atoms with van der Waals surface area (Å²) >= 11 is 1.36. The van der Waals surface area contributed by atoms with Gasteiger partial charge in [-0.2, -0.15) is 0 Å². The molecule has 0 spiro atoms. The Morgan fingerprint density at radius 3 is 2.62 bits per heavy atom. The van der Waals surface area contributed by atoms with Crippen molar-refractivity contribution in [1.82, 2.24) is 9.55 Å². The Labute approximate surface area is 156 Å². The standard InChI is InChI=1S/C19H19N3O3S/c1-24-15-9-7-14(8-10-15)21-18(23)13-26-19-20-11-12-22(19)16-5-3-4-6-17(16)25-2/h3-12H,13H2,1-2H3,(H,21,23). The molecule has 0 atom stereocenters. The van der Waals surface area contributed by atoms with E-state index >= 15 is 0 Å². The number of para-hydroxylation sites is 2. The number of carbonyl (C=O) groups is 1. The number of imidazole rings is 1. The fourth-order valence-corrected chi connectivity index (χ4v) is 3.18. The van der Waals surface area contributed by atoms with Gasteiger partial charge in [0.25, 0.3) is 0 Å². The van der Waals surface area contributed by atoms with Crippen molar-refractivity contribution in [3.63, 3.8) is 0 Å². The first-order chi connectivity index (χ1) is 12.7. The molecular weight excluding hydrogens is 350 g/mol. The van der Waals surface area contributed by atoms with Crippen LogP contribution < -0.4 is 14.8 Å². The maximum absolute atomic E-state index is 12.2. The number of nitrogens with zero attached hydrogens (tertiary/aromatic N) is 2. The van der Waals surface area contributed by atoms with E-state index in [1.54, 1.807) is 44.7 Å². The first-order valence-corrected chi connectivity index (χ1v) is 8.93. The van der Waals surface area contributed by atoms with Gasteiger partial charge in [-0.1, -0.05) is 23.9 Å². The second-order valence-electron chi connectivity index (χ2n) is 5.32. The Balaban J connectivity index is 1.65. The zero-order chi connectivity index (χ0) is 18.4. The van der Waals surface area contributed by atoms with Gasteiger partial charge in [0.1, 0.15) is 11.5 Å². The molecule has 0 unspecified atom stereocenters. The molecule has 0 saturated carbocycles. The summed E-state index contributed by atoms with van der Waals surface area (Å²) in [5.41, 5.74) is 1.61. The van der Waals surface area contributed by atoms with Gasteiger partial charge in [0, 0.05) is 18.1 Å². The summed E-state index contributed by atoms with van der Waals surface area (Å²) in [6.45, 7) is 0. The number of hydrogen-bond donors (Lipinski definition) is 1. The van der Waals surface area contributed by atoms with Crippen LogP contribution in [0.2, 0.25) is 0 Å². The number of benzene rings is 2. The maximum Gasteiger partial charge on any atom is 0.234 e. The molecule has 1 amide bonds. The highest BCUT2D eigenvalue weighted by atomic mass is 32.2. The van der Waals surface area contributed by atoms with Crippen LogP contribution in [0.5, 0.6) is 11.5 Å². The quantitative estimate of drug-likeness (QED) is 0.645. The molecule has 3 aromatic rings. The molecule has 7 heteroatoms. The molecule has 0 radical (unpaired) electrons. The molecule has 0 aliphatic heterocycles. The Morgan fingerprint density at radius 1 is 1.12 bits per heavy atom. The van der Waals surface area contributed by atoms with Crippen molar-refractivity contribution in [2.75, 3.05) is 25.3 Å². The van der Waals surface area contributed by atoms with Crippen molar-refractivity contribution in [3.8, 4) is 17.2 Å². The van der Waals surface area contributed by atoms with Crippen LogP contribution in [0.25, 0.3) is 5.69 Å². The summed E-state index contributed by atoms with van der Waals surface area (Å²) in [4.78, 5) is 16.6. The number of anilines is 1. The summed E-state index contributed by atoms with van der Waals surface area (Å²) in [5, 5.41) is 3.58. The predicted octanol–water partition coefficient (Wildman–Crippen LogP) is 3.62. The molecule has 0 saturated heterocycles. The van der Waals surface area contributed by atoms with E-state index in [9.17, 15) is 4.79 Å². The van der Waals surface area contributed by atoms with E-state index in [0.29, 0.717) is 0 Å². The zero-order valence-corrected chi connectivity index (χ0v) is 15.3. The first-order valence-electron chi connectivity index (χ1n) is 7.94. The number of methoxy groups -OCH3 is 2. The fraction of sp³-hybridized carbons (Fsp3) is 0.158. The van der Waals surface area contributed by atoms with Crippen molar-refractivity contribution in [1.29, 1.82) is 0 Å². The third kappa shape index (κ3) is 4.18. The molecular formula is C19H19N3O3S. The molecule has 0 aliphatic rings. The number of carbonyl (C=O) groups excluding carboxylic acids is 1. The molecule has 134 valence electrons. The lowest BCUT2D eigenvalue weighted by atomic mass is 10.3. The summed E-state index contributed by atoms with van der Waals surface area (Å²) in [7, 11) is 3.24. The van der Waals surface area contributed by atoms with Gasteiger partial charge in [0.05, 0.1) is 25.7 Å². The number of hydrogen-bond acceptors (Lipinski definition) is 5. The van der Waals surface area contributed by atoms with Crippen LogP contribution in [-0.4, -0.2) is 35.4 Å². The van der Waals surface area contributed by atoms with Crippen LogP contribution in [0, 0.1) is 0 Å². The van der Waals surface area contributed by atoms with Crippen molar-refractivity contribution in [3.05, 3.63) is 60.9 Å². The van der Waals surface area contributed by atoms with E-state index in [4.69, 9.17) is 9.47 Å². The van der Waals surface area contributed by atoms with E-state index in [-0.39, 0.29) is 11.7 Å². The maximum atomic E-state index is 12.2. The van der Waals surface area contributed by atoms with Gasteiger partial charge in [0.15, 0.2) is 5.16 Å². The lowest BCUT2D eigenvalue weighted by Gasteiger charge is -2.11. The van der Waals surface area contributed by atoms with Crippen LogP contribution >= 0.6 is 11.8 Å². The molecule has 3 rings (SSSR count). The van der Waals surface area contributed by atoms with E-state index in [1.165, 1.54) is 11.8 Å². The Hall–Kier alpha value is -2.93. The highest BCUT2D eigenvalue weighted by Crippen LogP contribution is 2.27. The SMILES string of the molecule is COc1ccc(NC(=O)CSc2nccn2-c2ccccc2OC)cc1. The van der Waals surface area contributed by atoms with Crippen LogP contribution in [0.4, 0.5) is 5.69 Å². The number of thioether (sulfide) groups is 1. The van der Waals surface area contributed by atoms with Crippen LogP contribution in [0.15, 0.2) is 66.1 Å². The molecule has 26 heavy (non-hydrogen) atoms.